The summed E-state index contributed by atoms with van der Waals surface area (Å²) < 4.78 is 4.95. The van der Waals surface area contributed by atoms with Crippen molar-refractivity contribution < 1.29 is 9.53 Å². The molecule has 0 spiro atoms. The van der Waals surface area contributed by atoms with E-state index in [0.717, 1.165) is 0 Å². The predicted octanol–water partition coefficient (Wildman–Crippen LogP) is -0.481. The molecule has 0 aromatic carbocycles. The van der Waals surface area contributed by atoms with Gasteiger partial charge < -0.3 is 15.4 Å². The maximum Gasteiger partial charge on any atom is 0.325 e. The third-order valence-electron chi connectivity index (χ3n) is 2.55. The number of hydrogen-bond acceptors (Lipinski definition) is 5. The molecule has 82 valence electrons. The van der Waals surface area contributed by atoms with Gasteiger partial charge in [0.05, 0.1) is 6.61 Å². The van der Waals surface area contributed by atoms with Gasteiger partial charge in [0.15, 0.2) is 0 Å². The molecule has 5 nitrogen and oxygen atoms in total. The standard InChI is InChI=1S/C10H15N3O2/c1-2-15-10(14)7-6-13-8(11)4-3-5-9(13)12-7/h3-5,7,9,12H,2,6,11H2,1H3/t7-,9-/m1/s1. The van der Waals surface area contributed by atoms with Crippen LogP contribution >= 0.6 is 0 Å². The molecule has 2 atom stereocenters. The second kappa shape index (κ2) is 3.94. The molecule has 2 aliphatic heterocycles. The zero-order valence-corrected chi connectivity index (χ0v) is 8.64. The van der Waals surface area contributed by atoms with Gasteiger partial charge in [0, 0.05) is 6.54 Å². The first-order valence-corrected chi connectivity index (χ1v) is 5.05. The summed E-state index contributed by atoms with van der Waals surface area (Å²) in [5, 5.41) is 3.15. The molecule has 2 aliphatic rings. The molecule has 5 heteroatoms. The van der Waals surface area contributed by atoms with Crippen LogP contribution in [-0.4, -0.2) is 36.2 Å². The van der Waals surface area contributed by atoms with Crippen LogP contribution in [0, 0.1) is 0 Å². The van der Waals surface area contributed by atoms with Crippen molar-refractivity contribution in [2.75, 3.05) is 13.2 Å². The number of ether oxygens (including phenoxy) is 1. The van der Waals surface area contributed by atoms with Crippen molar-refractivity contribution in [1.29, 1.82) is 0 Å². The first kappa shape index (κ1) is 10.0. The van der Waals surface area contributed by atoms with Gasteiger partial charge in [-0.2, -0.15) is 0 Å². The van der Waals surface area contributed by atoms with E-state index in [4.69, 9.17) is 10.5 Å². The van der Waals surface area contributed by atoms with Crippen LogP contribution in [-0.2, 0) is 9.53 Å². The van der Waals surface area contributed by atoms with Crippen molar-refractivity contribution in [3.8, 4) is 0 Å². The molecule has 2 heterocycles. The van der Waals surface area contributed by atoms with Crippen molar-refractivity contribution in [2.24, 2.45) is 5.73 Å². The second-order valence-electron chi connectivity index (χ2n) is 3.54. The van der Waals surface area contributed by atoms with Crippen molar-refractivity contribution in [3.63, 3.8) is 0 Å². The normalized spacial score (nSPS) is 28.6. The van der Waals surface area contributed by atoms with E-state index in [0.29, 0.717) is 19.0 Å². The Morgan fingerprint density at radius 3 is 3.27 bits per heavy atom. The maximum absolute atomic E-state index is 11.5. The van der Waals surface area contributed by atoms with Crippen LogP contribution in [0.3, 0.4) is 0 Å². The number of esters is 1. The van der Waals surface area contributed by atoms with Gasteiger partial charge in [-0.1, -0.05) is 6.08 Å². The molecule has 2 rings (SSSR count). The molecule has 1 fully saturated rings. The summed E-state index contributed by atoms with van der Waals surface area (Å²) in [4.78, 5) is 13.4. The molecule has 0 aromatic rings. The first-order chi connectivity index (χ1) is 7.22. The average molecular weight is 209 g/mol. The SMILES string of the molecule is CCOC(=O)[C@H]1CN2C(N)=CC=C[C@@H]2N1. The third kappa shape index (κ3) is 1.83. The van der Waals surface area contributed by atoms with Crippen LogP contribution < -0.4 is 11.1 Å². The summed E-state index contributed by atoms with van der Waals surface area (Å²) in [6, 6.07) is -0.287. The molecule has 0 bridgehead atoms. The quantitative estimate of drug-likeness (QED) is 0.601. The lowest BCUT2D eigenvalue weighted by atomic mass is 10.3. The topological polar surface area (TPSA) is 67.6 Å². The smallest absolute Gasteiger partial charge is 0.325 e. The summed E-state index contributed by atoms with van der Waals surface area (Å²) >= 11 is 0. The average Bonchev–Trinajstić information content (AvgIpc) is 2.63. The lowest BCUT2D eigenvalue weighted by molar-refractivity contribution is -0.145. The van der Waals surface area contributed by atoms with Gasteiger partial charge in [-0.3, -0.25) is 10.1 Å². The van der Waals surface area contributed by atoms with Crippen LogP contribution in [0.25, 0.3) is 0 Å². The van der Waals surface area contributed by atoms with Crippen LogP contribution in [0.2, 0.25) is 0 Å². The van der Waals surface area contributed by atoms with E-state index >= 15 is 0 Å². The van der Waals surface area contributed by atoms with Crippen LogP contribution in [0.4, 0.5) is 0 Å². The fourth-order valence-electron chi connectivity index (χ4n) is 1.83. The largest absolute Gasteiger partial charge is 0.465 e. The molecule has 1 saturated heterocycles. The van der Waals surface area contributed by atoms with E-state index in [9.17, 15) is 4.79 Å². The zero-order valence-electron chi connectivity index (χ0n) is 8.64. The Hall–Kier alpha value is -1.49. The fourth-order valence-corrected chi connectivity index (χ4v) is 1.83. The Balaban J connectivity index is 2.03. The molecular weight excluding hydrogens is 194 g/mol. The number of nitrogens with one attached hydrogen (secondary N) is 1. The number of nitrogens with zero attached hydrogens (tertiary/aromatic N) is 1. The summed E-state index contributed by atoms with van der Waals surface area (Å²) in [5.41, 5.74) is 5.80. The zero-order chi connectivity index (χ0) is 10.8. The van der Waals surface area contributed by atoms with Crippen molar-refractivity contribution >= 4 is 5.97 Å². The minimum Gasteiger partial charge on any atom is -0.465 e. The Kier molecular flexibility index (Phi) is 2.64. The lowest BCUT2D eigenvalue weighted by Crippen LogP contribution is -2.39. The van der Waals surface area contributed by atoms with E-state index in [1.165, 1.54) is 0 Å². The second-order valence-corrected chi connectivity index (χ2v) is 3.54. The Morgan fingerprint density at radius 2 is 2.60 bits per heavy atom. The van der Waals surface area contributed by atoms with E-state index in [1.807, 2.05) is 23.1 Å². The van der Waals surface area contributed by atoms with Crippen molar-refractivity contribution in [1.82, 2.24) is 10.2 Å². The highest BCUT2D eigenvalue weighted by Gasteiger charge is 2.36. The number of nitrogens with two attached hydrogens (primary N) is 1. The van der Waals surface area contributed by atoms with Crippen LogP contribution in [0.1, 0.15) is 6.92 Å². The fraction of sp³-hybridized carbons (Fsp3) is 0.500. The van der Waals surface area contributed by atoms with Gasteiger partial charge in [0.2, 0.25) is 0 Å². The molecule has 0 aromatic heterocycles. The minimum absolute atomic E-state index is 0.0180. The summed E-state index contributed by atoms with van der Waals surface area (Å²) in [5.74, 6) is 0.467. The van der Waals surface area contributed by atoms with Crippen LogP contribution in [0.15, 0.2) is 24.0 Å². The predicted molar refractivity (Wildman–Crippen MR) is 55.5 cm³/mol. The number of rotatable bonds is 2. The van der Waals surface area contributed by atoms with E-state index in [1.54, 1.807) is 6.92 Å². The molecule has 15 heavy (non-hydrogen) atoms. The van der Waals surface area contributed by atoms with Gasteiger partial charge in [-0.05, 0) is 19.1 Å². The molecule has 0 amide bonds. The monoisotopic (exact) mass is 209 g/mol. The Bertz CT molecular complexity index is 325. The Morgan fingerprint density at radius 1 is 1.80 bits per heavy atom. The van der Waals surface area contributed by atoms with Crippen molar-refractivity contribution in [2.45, 2.75) is 19.1 Å². The lowest BCUT2D eigenvalue weighted by Gasteiger charge is -2.25. The van der Waals surface area contributed by atoms with Gasteiger partial charge >= 0.3 is 5.97 Å². The van der Waals surface area contributed by atoms with Gasteiger partial charge in [0.25, 0.3) is 0 Å². The number of fused-ring (bicyclic) bond motifs is 1. The van der Waals surface area contributed by atoms with E-state index < -0.39 is 0 Å². The highest BCUT2D eigenvalue weighted by molar-refractivity contribution is 5.76. The number of carbonyl (C=O) groups is 1. The molecular formula is C10H15N3O2. The molecule has 0 aliphatic carbocycles. The third-order valence-corrected chi connectivity index (χ3v) is 2.55. The maximum atomic E-state index is 11.5. The Labute approximate surface area is 88.6 Å². The molecule has 0 saturated carbocycles. The summed E-state index contributed by atoms with van der Waals surface area (Å²) in [6.07, 6.45) is 5.70. The molecule has 0 unspecified atom stereocenters. The van der Waals surface area contributed by atoms with Crippen molar-refractivity contribution in [3.05, 3.63) is 24.0 Å². The van der Waals surface area contributed by atoms with E-state index in [2.05, 4.69) is 5.32 Å². The summed E-state index contributed by atoms with van der Waals surface area (Å²) in [6.45, 7) is 2.77. The van der Waals surface area contributed by atoms with Gasteiger partial charge in [-0.15, -0.1) is 0 Å². The highest BCUT2D eigenvalue weighted by atomic mass is 16.5. The minimum atomic E-state index is -0.287. The first-order valence-electron chi connectivity index (χ1n) is 5.05. The molecule has 3 N–H and O–H groups in total. The van der Waals surface area contributed by atoms with Gasteiger partial charge in [0.1, 0.15) is 18.0 Å². The summed E-state index contributed by atoms with van der Waals surface area (Å²) in [7, 11) is 0. The highest BCUT2D eigenvalue weighted by Crippen LogP contribution is 2.17. The number of allylic oxidation sites excluding steroid dienone is 2. The number of hydrogen-bond donors (Lipinski definition) is 2. The number of carbonyl (C=O) groups excluding carboxylic acids is 1. The van der Waals surface area contributed by atoms with Crippen LogP contribution in [0.5, 0.6) is 0 Å². The van der Waals surface area contributed by atoms with Gasteiger partial charge in [-0.25, -0.2) is 0 Å². The molecule has 0 radical (unpaired) electrons. The van der Waals surface area contributed by atoms with E-state index in [-0.39, 0.29) is 18.2 Å².